The van der Waals surface area contributed by atoms with Crippen molar-refractivity contribution >= 4 is 28.5 Å². The molecule has 5 nitrogen and oxygen atoms in total. The lowest BCUT2D eigenvalue weighted by atomic mass is 9.87. The Kier molecular flexibility index (Phi) is 5.07. The molecule has 0 spiro atoms. The zero-order valence-corrected chi connectivity index (χ0v) is 15.9. The summed E-state index contributed by atoms with van der Waals surface area (Å²) >= 11 is 1.11. The molecule has 0 radical (unpaired) electrons. The van der Waals surface area contributed by atoms with Crippen molar-refractivity contribution in [2.75, 3.05) is 11.5 Å². The summed E-state index contributed by atoms with van der Waals surface area (Å²) in [6, 6.07) is 2.69. The number of anilines is 1. The fraction of sp³-hybridized carbons (Fsp3) is 0.389. The Morgan fingerprint density at radius 2 is 1.89 bits per heavy atom. The summed E-state index contributed by atoms with van der Waals surface area (Å²) in [6.07, 6.45) is -0.591. The largest absolute Gasteiger partial charge is 0.462 e. The van der Waals surface area contributed by atoms with Gasteiger partial charge in [-0.3, -0.25) is 4.98 Å². The number of furan rings is 1. The summed E-state index contributed by atoms with van der Waals surface area (Å²) in [6.45, 7) is 6.30. The number of nitrogen functional groups attached to an aromatic ring is 1. The predicted molar refractivity (Wildman–Crippen MR) is 98.6 cm³/mol. The molecule has 0 aliphatic carbocycles. The van der Waals surface area contributed by atoms with Gasteiger partial charge in [0.15, 0.2) is 16.4 Å². The number of aromatic nitrogens is 3. The van der Waals surface area contributed by atoms with Crippen LogP contribution in [0.3, 0.4) is 0 Å². The second kappa shape index (κ2) is 7.03. The van der Waals surface area contributed by atoms with Crippen LogP contribution in [0.15, 0.2) is 34.2 Å². The summed E-state index contributed by atoms with van der Waals surface area (Å²) in [5, 5.41) is 0.999. The number of hydrogen-bond acceptors (Lipinski definition) is 6. The molecule has 0 bridgehead atoms. The van der Waals surface area contributed by atoms with Gasteiger partial charge in [0.2, 0.25) is 0 Å². The SMILES string of the molecule is CC(C)(C)c1coc2cnc(CCSc3nc(N)cc(C(F)(F)F)n3)cc12. The number of nitrogens with two attached hydrogens (primary N) is 1. The van der Waals surface area contributed by atoms with Crippen LogP contribution in [0, 0.1) is 0 Å². The molecule has 0 amide bonds. The Bertz CT molecular complexity index is 963. The van der Waals surface area contributed by atoms with Crippen molar-refractivity contribution in [2.45, 2.75) is 43.9 Å². The van der Waals surface area contributed by atoms with Gasteiger partial charge in [-0.25, -0.2) is 9.97 Å². The minimum Gasteiger partial charge on any atom is -0.462 e. The number of rotatable bonds is 4. The first-order chi connectivity index (χ1) is 12.5. The normalized spacial score (nSPS) is 12.7. The number of alkyl halides is 3. The molecule has 0 unspecified atom stereocenters. The third-order valence-corrected chi connectivity index (χ3v) is 4.78. The van der Waals surface area contributed by atoms with E-state index < -0.39 is 11.9 Å². The van der Waals surface area contributed by atoms with Crippen molar-refractivity contribution in [3.05, 3.63) is 41.5 Å². The van der Waals surface area contributed by atoms with Crippen molar-refractivity contribution in [1.29, 1.82) is 0 Å². The second-order valence-electron chi connectivity index (χ2n) is 7.13. The van der Waals surface area contributed by atoms with Crippen molar-refractivity contribution in [3.8, 4) is 0 Å². The Balaban J connectivity index is 1.73. The Labute approximate surface area is 158 Å². The molecular formula is C18H19F3N4OS. The number of hydrogen-bond donors (Lipinski definition) is 1. The van der Waals surface area contributed by atoms with Crippen molar-refractivity contribution < 1.29 is 17.6 Å². The van der Waals surface area contributed by atoms with E-state index in [1.807, 2.05) is 6.07 Å². The lowest BCUT2D eigenvalue weighted by Gasteiger charge is -2.16. The zero-order chi connectivity index (χ0) is 19.8. The van der Waals surface area contributed by atoms with Crippen LogP contribution in [-0.2, 0) is 18.0 Å². The minimum atomic E-state index is -4.55. The molecule has 144 valence electrons. The van der Waals surface area contributed by atoms with Crippen molar-refractivity contribution in [2.24, 2.45) is 0 Å². The molecule has 3 aromatic rings. The van der Waals surface area contributed by atoms with Crippen LogP contribution < -0.4 is 5.73 Å². The quantitative estimate of drug-likeness (QED) is 0.502. The van der Waals surface area contributed by atoms with Crippen molar-refractivity contribution in [3.63, 3.8) is 0 Å². The molecule has 3 heterocycles. The minimum absolute atomic E-state index is 0.00194. The standard InChI is InChI=1S/C18H19F3N4OS/c1-17(2,3)12-9-26-13-8-23-10(6-11(12)13)4-5-27-16-24-14(18(19,20)21)7-15(22)25-16/h6-9H,4-5H2,1-3H3,(H2,22,24,25). The fourth-order valence-electron chi connectivity index (χ4n) is 2.59. The predicted octanol–water partition coefficient (Wildman–Crippen LogP) is 4.85. The van der Waals surface area contributed by atoms with Gasteiger partial charge in [-0.15, -0.1) is 0 Å². The molecule has 0 saturated heterocycles. The molecule has 0 aliphatic heterocycles. The Hall–Kier alpha value is -2.29. The number of halogens is 3. The van der Waals surface area contributed by atoms with Gasteiger partial charge in [-0.05, 0) is 17.9 Å². The van der Waals surface area contributed by atoms with E-state index in [1.165, 1.54) is 0 Å². The van der Waals surface area contributed by atoms with Gasteiger partial charge >= 0.3 is 6.18 Å². The van der Waals surface area contributed by atoms with Gasteiger partial charge in [-0.1, -0.05) is 32.5 Å². The van der Waals surface area contributed by atoms with E-state index in [0.717, 1.165) is 34.5 Å². The van der Waals surface area contributed by atoms with E-state index in [2.05, 4.69) is 35.7 Å². The van der Waals surface area contributed by atoms with Crippen LogP contribution >= 0.6 is 11.8 Å². The molecule has 0 saturated carbocycles. The molecule has 0 atom stereocenters. The maximum absolute atomic E-state index is 12.8. The van der Waals surface area contributed by atoms with Gasteiger partial charge < -0.3 is 10.2 Å². The summed E-state index contributed by atoms with van der Waals surface area (Å²) < 4.78 is 44.0. The van der Waals surface area contributed by atoms with Gasteiger partial charge in [-0.2, -0.15) is 13.2 Å². The summed E-state index contributed by atoms with van der Waals surface area (Å²) in [5.41, 5.74) is 6.98. The molecule has 0 aromatic carbocycles. The van der Waals surface area contributed by atoms with Gasteiger partial charge in [0.1, 0.15) is 5.82 Å². The van der Waals surface area contributed by atoms with Crippen LogP contribution in [0.1, 0.15) is 37.7 Å². The summed E-state index contributed by atoms with van der Waals surface area (Å²) in [4.78, 5) is 11.8. The average Bonchev–Trinajstić information content (AvgIpc) is 2.97. The monoisotopic (exact) mass is 396 g/mol. The van der Waals surface area contributed by atoms with Gasteiger partial charge in [0.25, 0.3) is 0 Å². The molecule has 3 rings (SSSR count). The number of nitrogens with zero attached hydrogens (tertiary/aromatic N) is 3. The van der Waals surface area contributed by atoms with Gasteiger partial charge in [0, 0.05) is 28.5 Å². The maximum Gasteiger partial charge on any atom is 0.433 e. The van der Waals surface area contributed by atoms with E-state index in [9.17, 15) is 13.2 Å². The van der Waals surface area contributed by atoms with E-state index in [1.54, 1.807) is 12.5 Å². The molecule has 27 heavy (non-hydrogen) atoms. The van der Waals surface area contributed by atoms with Crippen LogP contribution in [0.2, 0.25) is 0 Å². The highest BCUT2D eigenvalue weighted by molar-refractivity contribution is 7.99. The first kappa shape index (κ1) is 19.5. The van der Waals surface area contributed by atoms with E-state index in [-0.39, 0.29) is 16.4 Å². The number of aryl methyl sites for hydroxylation is 1. The smallest absolute Gasteiger partial charge is 0.433 e. The van der Waals surface area contributed by atoms with Gasteiger partial charge in [0.05, 0.1) is 12.5 Å². The lowest BCUT2D eigenvalue weighted by Crippen LogP contribution is -2.11. The summed E-state index contributed by atoms with van der Waals surface area (Å²) in [7, 11) is 0. The molecule has 0 aliphatic rings. The topological polar surface area (TPSA) is 77.8 Å². The van der Waals surface area contributed by atoms with Crippen LogP contribution in [0.4, 0.5) is 19.0 Å². The highest BCUT2D eigenvalue weighted by Crippen LogP contribution is 2.32. The maximum atomic E-state index is 12.8. The number of thioether (sulfide) groups is 1. The highest BCUT2D eigenvalue weighted by Gasteiger charge is 2.33. The fourth-order valence-corrected chi connectivity index (χ4v) is 3.42. The average molecular weight is 396 g/mol. The van der Waals surface area contributed by atoms with E-state index in [4.69, 9.17) is 10.2 Å². The molecular weight excluding hydrogens is 377 g/mol. The lowest BCUT2D eigenvalue weighted by molar-refractivity contribution is -0.141. The van der Waals surface area contributed by atoms with Crippen LogP contribution in [-0.4, -0.2) is 20.7 Å². The first-order valence-electron chi connectivity index (χ1n) is 8.25. The number of pyridine rings is 1. The second-order valence-corrected chi connectivity index (χ2v) is 8.19. The van der Waals surface area contributed by atoms with E-state index >= 15 is 0 Å². The first-order valence-corrected chi connectivity index (χ1v) is 9.24. The number of fused-ring (bicyclic) bond motifs is 1. The van der Waals surface area contributed by atoms with Crippen LogP contribution in [0.25, 0.3) is 11.0 Å². The third-order valence-electron chi connectivity index (χ3n) is 3.93. The molecule has 9 heteroatoms. The third kappa shape index (κ3) is 4.52. The zero-order valence-electron chi connectivity index (χ0n) is 15.1. The molecule has 3 aromatic heterocycles. The molecule has 2 N–H and O–H groups in total. The highest BCUT2D eigenvalue weighted by atomic mass is 32.2. The Morgan fingerprint density at radius 3 is 2.56 bits per heavy atom. The van der Waals surface area contributed by atoms with Crippen molar-refractivity contribution in [1.82, 2.24) is 15.0 Å². The van der Waals surface area contributed by atoms with Crippen LogP contribution in [0.5, 0.6) is 0 Å². The summed E-state index contributed by atoms with van der Waals surface area (Å²) in [5.74, 6) is 0.273. The Morgan fingerprint density at radius 1 is 1.15 bits per heavy atom. The molecule has 0 fully saturated rings. The van der Waals surface area contributed by atoms with E-state index in [0.29, 0.717) is 17.8 Å².